The molecule has 20 heavy (non-hydrogen) atoms. The minimum atomic E-state index is -0.304. The zero-order valence-electron chi connectivity index (χ0n) is 11.0. The Labute approximate surface area is 116 Å². The molecule has 0 aliphatic rings. The van der Waals surface area contributed by atoms with E-state index >= 15 is 0 Å². The van der Waals surface area contributed by atoms with E-state index in [9.17, 15) is 4.39 Å². The number of nitrogens with one attached hydrogen (secondary N) is 1. The normalized spacial score (nSPS) is 10.7. The first-order valence-corrected chi connectivity index (χ1v) is 6.31. The van der Waals surface area contributed by atoms with Crippen LogP contribution in [0.25, 0.3) is 10.9 Å². The van der Waals surface area contributed by atoms with E-state index in [0.717, 1.165) is 16.5 Å². The molecule has 1 aromatic heterocycles. The van der Waals surface area contributed by atoms with Gasteiger partial charge in [0.05, 0.1) is 22.6 Å². The first-order valence-electron chi connectivity index (χ1n) is 6.31. The number of nitrogens with two attached hydrogens (primary N) is 1. The van der Waals surface area contributed by atoms with Crippen LogP contribution in [-0.2, 0) is 0 Å². The molecule has 0 fully saturated rings. The third kappa shape index (κ3) is 2.16. The molecule has 0 atom stereocenters. The summed E-state index contributed by atoms with van der Waals surface area (Å²) in [5.41, 5.74) is 9.59. The number of hydrogen-bond donors (Lipinski definition) is 2. The average molecular weight is 267 g/mol. The summed E-state index contributed by atoms with van der Waals surface area (Å²) in [7, 11) is 0. The molecule has 0 aliphatic heterocycles. The molecule has 0 saturated carbocycles. The molecular formula is C16H14FN3. The Balaban J connectivity index is 2.07. The maximum Gasteiger partial charge on any atom is 0.146 e. The van der Waals surface area contributed by atoms with E-state index in [1.54, 1.807) is 18.3 Å². The SMILES string of the molecule is Cc1ccc(F)c(Nc2ccc3ncccc3c2N)c1. The van der Waals surface area contributed by atoms with Crippen LogP contribution in [0.2, 0.25) is 0 Å². The lowest BCUT2D eigenvalue weighted by molar-refractivity contribution is 0.631. The summed E-state index contributed by atoms with van der Waals surface area (Å²) in [6.07, 6.45) is 1.72. The molecule has 100 valence electrons. The molecule has 0 amide bonds. The van der Waals surface area contributed by atoms with Crippen LogP contribution in [0.1, 0.15) is 5.56 Å². The van der Waals surface area contributed by atoms with Crippen molar-refractivity contribution in [3.63, 3.8) is 0 Å². The molecule has 3 N–H and O–H groups in total. The predicted octanol–water partition coefficient (Wildman–Crippen LogP) is 4.01. The number of aromatic nitrogens is 1. The lowest BCUT2D eigenvalue weighted by Gasteiger charge is -2.12. The van der Waals surface area contributed by atoms with Crippen molar-refractivity contribution < 1.29 is 4.39 Å². The molecule has 0 radical (unpaired) electrons. The van der Waals surface area contributed by atoms with Crippen LogP contribution in [-0.4, -0.2) is 4.98 Å². The maximum atomic E-state index is 13.8. The van der Waals surface area contributed by atoms with Gasteiger partial charge in [-0.25, -0.2) is 4.39 Å². The summed E-state index contributed by atoms with van der Waals surface area (Å²) in [4.78, 5) is 4.24. The van der Waals surface area contributed by atoms with E-state index in [0.29, 0.717) is 17.1 Å². The second kappa shape index (κ2) is 4.81. The number of hydrogen-bond acceptors (Lipinski definition) is 3. The number of fused-ring (bicyclic) bond motifs is 1. The second-order valence-electron chi connectivity index (χ2n) is 4.71. The van der Waals surface area contributed by atoms with Gasteiger partial charge in [0.1, 0.15) is 5.82 Å². The molecule has 3 aromatic rings. The Bertz CT molecular complexity index is 784. The van der Waals surface area contributed by atoms with Crippen molar-refractivity contribution in [3.05, 3.63) is 60.0 Å². The van der Waals surface area contributed by atoms with Crippen molar-refractivity contribution in [2.45, 2.75) is 6.92 Å². The highest BCUT2D eigenvalue weighted by Crippen LogP contribution is 2.30. The average Bonchev–Trinajstić information content (AvgIpc) is 2.46. The van der Waals surface area contributed by atoms with Crippen molar-refractivity contribution in [1.29, 1.82) is 0 Å². The first-order chi connectivity index (χ1) is 9.65. The molecule has 2 aromatic carbocycles. The highest BCUT2D eigenvalue weighted by molar-refractivity contribution is 5.97. The van der Waals surface area contributed by atoms with E-state index < -0.39 is 0 Å². The second-order valence-corrected chi connectivity index (χ2v) is 4.71. The van der Waals surface area contributed by atoms with Gasteiger partial charge in [-0.15, -0.1) is 0 Å². The van der Waals surface area contributed by atoms with E-state index in [1.165, 1.54) is 6.07 Å². The van der Waals surface area contributed by atoms with Crippen molar-refractivity contribution in [2.24, 2.45) is 0 Å². The zero-order chi connectivity index (χ0) is 14.1. The summed E-state index contributed by atoms with van der Waals surface area (Å²) in [6.45, 7) is 1.91. The van der Waals surface area contributed by atoms with Crippen molar-refractivity contribution in [2.75, 3.05) is 11.1 Å². The van der Waals surface area contributed by atoms with Crippen LogP contribution in [0.15, 0.2) is 48.7 Å². The van der Waals surface area contributed by atoms with E-state index in [-0.39, 0.29) is 5.82 Å². The van der Waals surface area contributed by atoms with Gasteiger partial charge in [0.2, 0.25) is 0 Å². The molecule has 0 bridgehead atoms. The predicted molar refractivity (Wildman–Crippen MR) is 80.6 cm³/mol. The third-order valence-electron chi connectivity index (χ3n) is 3.22. The van der Waals surface area contributed by atoms with Crippen molar-refractivity contribution in [3.8, 4) is 0 Å². The summed E-state index contributed by atoms with van der Waals surface area (Å²) in [6, 6.07) is 12.3. The Morgan fingerprint density at radius 2 is 1.95 bits per heavy atom. The van der Waals surface area contributed by atoms with Crippen molar-refractivity contribution in [1.82, 2.24) is 4.98 Å². The Hall–Kier alpha value is -2.62. The largest absolute Gasteiger partial charge is 0.396 e. The van der Waals surface area contributed by atoms with Gasteiger partial charge in [-0.1, -0.05) is 6.07 Å². The summed E-state index contributed by atoms with van der Waals surface area (Å²) in [5.74, 6) is -0.304. The highest BCUT2D eigenvalue weighted by atomic mass is 19.1. The number of pyridine rings is 1. The molecule has 0 unspecified atom stereocenters. The first kappa shape index (κ1) is 12.4. The Morgan fingerprint density at radius 3 is 2.80 bits per heavy atom. The van der Waals surface area contributed by atoms with Gasteiger partial charge in [0.15, 0.2) is 0 Å². The smallest absolute Gasteiger partial charge is 0.146 e. The molecule has 0 spiro atoms. The summed E-state index contributed by atoms with van der Waals surface area (Å²) in [5, 5.41) is 3.90. The van der Waals surface area contributed by atoms with Gasteiger partial charge in [0.25, 0.3) is 0 Å². The zero-order valence-corrected chi connectivity index (χ0v) is 11.0. The number of anilines is 3. The summed E-state index contributed by atoms with van der Waals surface area (Å²) < 4.78 is 13.8. The van der Waals surface area contributed by atoms with Crippen molar-refractivity contribution >= 4 is 28.0 Å². The number of rotatable bonds is 2. The third-order valence-corrected chi connectivity index (χ3v) is 3.22. The van der Waals surface area contributed by atoms with Crippen LogP contribution in [0.4, 0.5) is 21.5 Å². The van der Waals surface area contributed by atoms with Gasteiger partial charge < -0.3 is 11.1 Å². The lowest BCUT2D eigenvalue weighted by Crippen LogP contribution is -1.99. The molecule has 3 rings (SSSR count). The fourth-order valence-electron chi connectivity index (χ4n) is 2.16. The number of aryl methyl sites for hydroxylation is 1. The van der Waals surface area contributed by atoms with E-state index in [1.807, 2.05) is 31.2 Å². The van der Waals surface area contributed by atoms with Gasteiger partial charge >= 0.3 is 0 Å². The van der Waals surface area contributed by atoms with Crippen LogP contribution >= 0.6 is 0 Å². The minimum absolute atomic E-state index is 0.304. The monoisotopic (exact) mass is 267 g/mol. The quantitative estimate of drug-likeness (QED) is 0.690. The topological polar surface area (TPSA) is 50.9 Å². The maximum absolute atomic E-state index is 13.8. The minimum Gasteiger partial charge on any atom is -0.396 e. The fourth-order valence-corrected chi connectivity index (χ4v) is 2.16. The molecule has 0 aliphatic carbocycles. The Kier molecular flexibility index (Phi) is 2.99. The van der Waals surface area contributed by atoms with Crippen LogP contribution in [0.5, 0.6) is 0 Å². The number of benzene rings is 2. The van der Waals surface area contributed by atoms with Crippen LogP contribution in [0.3, 0.4) is 0 Å². The number of nitrogen functional groups attached to an aromatic ring is 1. The standard InChI is InChI=1S/C16H14FN3/c1-10-4-5-12(17)15(9-10)20-14-7-6-13-11(16(14)18)3-2-8-19-13/h2-9,20H,18H2,1H3. The van der Waals surface area contributed by atoms with Crippen LogP contribution < -0.4 is 11.1 Å². The molecule has 3 nitrogen and oxygen atoms in total. The van der Waals surface area contributed by atoms with Crippen LogP contribution in [0, 0.1) is 12.7 Å². The number of nitrogens with zero attached hydrogens (tertiary/aromatic N) is 1. The molecule has 0 saturated heterocycles. The van der Waals surface area contributed by atoms with Gasteiger partial charge in [-0.2, -0.15) is 0 Å². The van der Waals surface area contributed by atoms with E-state index in [2.05, 4.69) is 10.3 Å². The number of halogens is 1. The van der Waals surface area contributed by atoms with Gasteiger partial charge in [-0.05, 0) is 48.9 Å². The van der Waals surface area contributed by atoms with Gasteiger partial charge in [0, 0.05) is 11.6 Å². The highest BCUT2D eigenvalue weighted by Gasteiger charge is 2.08. The molecular weight excluding hydrogens is 253 g/mol. The van der Waals surface area contributed by atoms with Gasteiger partial charge in [-0.3, -0.25) is 4.98 Å². The molecule has 1 heterocycles. The lowest BCUT2D eigenvalue weighted by atomic mass is 10.1. The fraction of sp³-hybridized carbons (Fsp3) is 0.0625. The molecule has 4 heteroatoms. The Morgan fingerprint density at radius 1 is 1.10 bits per heavy atom. The van der Waals surface area contributed by atoms with E-state index in [4.69, 9.17) is 5.73 Å². The summed E-state index contributed by atoms with van der Waals surface area (Å²) >= 11 is 0.